The molecule has 0 aliphatic heterocycles. The lowest BCUT2D eigenvalue weighted by Crippen LogP contribution is -2.27. The Balaban J connectivity index is 1.97. The maximum absolute atomic E-state index is 13.2. The average molecular weight is 414 g/mol. The Morgan fingerprint density at radius 1 is 0.833 bits per heavy atom. The molecule has 4 heteroatoms. The number of Topliss-reactive ketones (excluding diaryl/α,β-unsaturated/α-hetero) is 1. The number of aryl methyl sites for hydroxylation is 1. The zero-order valence-electron chi connectivity index (χ0n) is 18.2. The van der Waals surface area contributed by atoms with E-state index in [0.717, 1.165) is 39.1 Å². The van der Waals surface area contributed by atoms with Crippen LogP contribution in [0.4, 0.5) is 0 Å². The number of rotatable bonds is 5. The highest BCUT2D eigenvalue weighted by Crippen LogP contribution is 2.32. The van der Waals surface area contributed by atoms with Crippen molar-refractivity contribution in [2.75, 3.05) is 0 Å². The quantitative estimate of drug-likeness (QED) is 0.280. The van der Waals surface area contributed by atoms with Crippen molar-refractivity contribution >= 4 is 41.4 Å². The van der Waals surface area contributed by atoms with E-state index in [1.165, 1.54) is 0 Å². The van der Waals surface area contributed by atoms with Gasteiger partial charge in [0.2, 0.25) is 0 Å². The van der Waals surface area contributed by atoms with Gasteiger partial charge in [-0.3, -0.25) is 9.59 Å². The first-order valence-corrected chi connectivity index (χ1v) is 14.0. The standard InChI is InChI=1S/C26H27NO2Si/c1-17-8-6-7-9-21(17)26(29)20-11-13-25-23(15-20)22-14-19(18(2)28)10-12-24(22)27(25)16-30(3,4)5/h6-15H,16H2,1-5H3. The monoisotopic (exact) mass is 413 g/mol. The normalized spacial score (nSPS) is 11.9. The van der Waals surface area contributed by atoms with Gasteiger partial charge in [0.05, 0.1) is 8.07 Å². The lowest BCUT2D eigenvalue weighted by Gasteiger charge is -2.19. The van der Waals surface area contributed by atoms with Gasteiger partial charge in [0.25, 0.3) is 0 Å². The number of aromatic nitrogens is 1. The first-order chi connectivity index (χ1) is 14.2. The number of carbonyl (C=O) groups excluding carboxylic acids is 2. The maximum atomic E-state index is 13.2. The first-order valence-electron chi connectivity index (χ1n) is 10.3. The molecule has 152 valence electrons. The summed E-state index contributed by atoms with van der Waals surface area (Å²) in [5, 5.41) is 2.07. The summed E-state index contributed by atoms with van der Waals surface area (Å²) in [5.41, 5.74) is 5.32. The predicted octanol–water partition coefficient (Wildman–Crippen LogP) is 6.41. The highest BCUT2D eigenvalue weighted by Gasteiger charge is 2.20. The molecule has 4 aromatic rings. The Morgan fingerprint density at radius 2 is 1.40 bits per heavy atom. The molecule has 0 radical (unpaired) electrons. The molecule has 0 unspecified atom stereocenters. The van der Waals surface area contributed by atoms with Gasteiger partial charge in [-0.15, -0.1) is 0 Å². The Hall–Kier alpha value is -2.98. The number of ketones is 2. The van der Waals surface area contributed by atoms with Gasteiger partial charge < -0.3 is 4.57 Å². The smallest absolute Gasteiger partial charge is 0.193 e. The molecule has 0 aliphatic rings. The Bertz CT molecular complexity index is 1310. The van der Waals surface area contributed by atoms with Crippen LogP contribution in [-0.4, -0.2) is 24.2 Å². The van der Waals surface area contributed by atoms with Crippen molar-refractivity contribution < 1.29 is 9.59 Å². The fraction of sp³-hybridized carbons (Fsp3) is 0.231. The molecule has 1 heterocycles. The van der Waals surface area contributed by atoms with E-state index in [1.54, 1.807) is 6.92 Å². The van der Waals surface area contributed by atoms with E-state index in [1.807, 2.05) is 55.5 Å². The lowest BCUT2D eigenvalue weighted by molar-refractivity contribution is 0.101. The minimum atomic E-state index is -1.40. The van der Waals surface area contributed by atoms with Crippen molar-refractivity contribution in [1.29, 1.82) is 0 Å². The van der Waals surface area contributed by atoms with Crippen LogP contribution in [0, 0.1) is 6.92 Å². The summed E-state index contributed by atoms with van der Waals surface area (Å²) in [6.07, 6.45) is 0.984. The third kappa shape index (κ3) is 3.63. The van der Waals surface area contributed by atoms with Crippen LogP contribution < -0.4 is 0 Å². The van der Waals surface area contributed by atoms with Crippen LogP contribution in [0.1, 0.15) is 38.8 Å². The molecule has 30 heavy (non-hydrogen) atoms. The minimum Gasteiger partial charge on any atom is -0.344 e. The number of benzene rings is 3. The summed E-state index contributed by atoms with van der Waals surface area (Å²) in [6.45, 7) is 10.6. The summed E-state index contributed by atoms with van der Waals surface area (Å²) in [7, 11) is -1.40. The predicted molar refractivity (Wildman–Crippen MR) is 127 cm³/mol. The highest BCUT2D eigenvalue weighted by atomic mass is 28.3. The molecule has 0 N–H and O–H groups in total. The van der Waals surface area contributed by atoms with E-state index in [4.69, 9.17) is 0 Å². The van der Waals surface area contributed by atoms with Crippen LogP contribution in [0.5, 0.6) is 0 Å². The number of nitrogens with zero attached hydrogens (tertiary/aromatic N) is 1. The van der Waals surface area contributed by atoms with Crippen molar-refractivity contribution in [2.45, 2.75) is 39.7 Å². The number of hydrogen-bond donors (Lipinski definition) is 0. The van der Waals surface area contributed by atoms with Gasteiger partial charge >= 0.3 is 0 Å². The van der Waals surface area contributed by atoms with Crippen LogP contribution in [-0.2, 0) is 6.17 Å². The Labute approximate surface area is 178 Å². The lowest BCUT2D eigenvalue weighted by atomic mass is 9.97. The number of carbonyl (C=O) groups is 2. The van der Waals surface area contributed by atoms with Crippen LogP contribution >= 0.6 is 0 Å². The molecule has 0 amide bonds. The van der Waals surface area contributed by atoms with Gasteiger partial charge in [-0.25, -0.2) is 0 Å². The molecule has 0 saturated heterocycles. The van der Waals surface area contributed by atoms with Gasteiger partial charge in [0.15, 0.2) is 11.6 Å². The molecule has 0 saturated carbocycles. The van der Waals surface area contributed by atoms with Crippen molar-refractivity contribution in [3.63, 3.8) is 0 Å². The second-order valence-electron chi connectivity index (χ2n) is 9.31. The fourth-order valence-corrected chi connectivity index (χ4v) is 5.38. The maximum Gasteiger partial charge on any atom is 0.193 e. The van der Waals surface area contributed by atoms with Gasteiger partial charge in [-0.1, -0.05) is 43.9 Å². The van der Waals surface area contributed by atoms with E-state index in [2.05, 4.69) is 36.3 Å². The highest BCUT2D eigenvalue weighted by molar-refractivity contribution is 6.75. The van der Waals surface area contributed by atoms with E-state index in [9.17, 15) is 9.59 Å². The van der Waals surface area contributed by atoms with Crippen molar-refractivity contribution in [1.82, 2.24) is 4.57 Å². The Kier molecular flexibility index (Phi) is 4.98. The largest absolute Gasteiger partial charge is 0.344 e. The molecule has 4 rings (SSSR count). The van der Waals surface area contributed by atoms with E-state index in [-0.39, 0.29) is 11.6 Å². The molecule has 0 atom stereocenters. The minimum absolute atomic E-state index is 0.0313. The van der Waals surface area contributed by atoms with Crippen molar-refractivity contribution in [2.24, 2.45) is 0 Å². The SMILES string of the molecule is CC(=O)c1ccc2c(c1)c1cc(C(=O)c3ccccc3C)ccc1n2C[Si](C)(C)C. The second-order valence-corrected chi connectivity index (χ2v) is 14.7. The van der Waals surface area contributed by atoms with Crippen LogP contribution in [0.2, 0.25) is 19.6 Å². The summed E-state index contributed by atoms with van der Waals surface area (Å²) < 4.78 is 2.36. The van der Waals surface area contributed by atoms with Crippen molar-refractivity contribution in [3.8, 4) is 0 Å². The molecule has 1 aromatic heterocycles. The second kappa shape index (κ2) is 7.37. The fourth-order valence-electron chi connectivity index (χ4n) is 4.09. The summed E-state index contributed by atoms with van der Waals surface area (Å²) >= 11 is 0. The van der Waals surface area contributed by atoms with E-state index < -0.39 is 8.07 Å². The van der Waals surface area contributed by atoms with Crippen LogP contribution in [0.15, 0.2) is 60.7 Å². The Morgan fingerprint density at radius 3 is 1.97 bits per heavy atom. The molecule has 0 aliphatic carbocycles. The summed E-state index contributed by atoms with van der Waals surface area (Å²) in [4.78, 5) is 25.2. The van der Waals surface area contributed by atoms with E-state index >= 15 is 0 Å². The van der Waals surface area contributed by atoms with E-state index in [0.29, 0.717) is 11.1 Å². The molecule has 0 bridgehead atoms. The van der Waals surface area contributed by atoms with Crippen LogP contribution in [0.25, 0.3) is 21.8 Å². The number of hydrogen-bond acceptors (Lipinski definition) is 2. The van der Waals surface area contributed by atoms with Gasteiger partial charge in [-0.05, 0) is 55.8 Å². The molecular formula is C26H27NO2Si. The van der Waals surface area contributed by atoms with Crippen LogP contribution in [0.3, 0.4) is 0 Å². The molecule has 0 fully saturated rings. The average Bonchev–Trinajstić information content (AvgIpc) is 2.99. The third-order valence-corrected chi connectivity index (χ3v) is 6.82. The van der Waals surface area contributed by atoms with Gasteiger partial charge in [0, 0.05) is 44.7 Å². The van der Waals surface area contributed by atoms with Gasteiger partial charge in [0.1, 0.15) is 0 Å². The zero-order valence-corrected chi connectivity index (χ0v) is 19.2. The van der Waals surface area contributed by atoms with Crippen molar-refractivity contribution in [3.05, 3.63) is 82.9 Å². The molecular weight excluding hydrogens is 386 g/mol. The number of fused-ring (bicyclic) bond motifs is 3. The van der Waals surface area contributed by atoms with Gasteiger partial charge in [-0.2, -0.15) is 0 Å². The third-order valence-electron chi connectivity index (χ3n) is 5.56. The first kappa shape index (κ1) is 20.3. The topological polar surface area (TPSA) is 39.1 Å². The molecule has 3 nitrogen and oxygen atoms in total. The molecule has 3 aromatic carbocycles. The molecule has 0 spiro atoms. The summed E-state index contributed by atoms with van der Waals surface area (Å²) in [6, 6.07) is 19.6. The zero-order chi connectivity index (χ0) is 21.6. The summed E-state index contributed by atoms with van der Waals surface area (Å²) in [5.74, 6) is 0.0824.